The number of hydrogen-bond acceptors (Lipinski definition) is 6. The number of carboxylic acid groups (broad SMARTS) is 1. The maximum atomic E-state index is 11.7. The minimum atomic E-state index is -1.15. The zero-order valence-corrected chi connectivity index (χ0v) is 10.4. The number of nitrogen functional groups attached to an aromatic ring is 1. The molecule has 0 unspecified atom stereocenters. The number of anilines is 1. The third kappa shape index (κ3) is 3.28. The van der Waals surface area contributed by atoms with Crippen LogP contribution in [0.5, 0.6) is 0 Å². The molecule has 0 saturated carbocycles. The standard InChI is InChI=1S/C11H12N6O3/c12-7-1-2-8(14-5-7)10(18)13-3-4-17-6-9(11(19)20)15-16-17/h1-2,5-6H,3-4,12H2,(H,13,18)(H,19,20). The maximum Gasteiger partial charge on any atom is 0.358 e. The van der Waals surface area contributed by atoms with Crippen LogP contribution in [0, 0.1) is 0 Å². The molecule has 0 atom stereocenters. The van der Waals surface area contributed by atoms with Gasteiger partial charge in [-0.25, -0.2) is 14.5 Å². The Morgan fingerprint density at radius 1 is 1.35 bits per heavy atom. The highest BCUT2D eigenvalue weighted by Gasteiger charge is 2.09. The van der Waals surface area contributed by atoms with Crippen molar-refractivity contribution in [3.63, 3.8) is 0 Å². The summed E-state index contributed by atoms with van der Waals surface area (Å²) in [6.07, 6.45) is 2.68. The van der Waals surface area contributed by atoms with Gasteiger partial charge in [0.1, 0.15) is 5.69 Å². The zero-order valence-electron chi connectivity index (χ0n) is 10.4. The molecule has 4 N–H and O–H groups in total. The lowest BCUT2D eigenvalue weighted by Crippen LogP contribution is -2.28. The second-order valence-electron chi connectivity index (χ2n) is 3.90. The summed E-state index contributed by atoms with van der Waals surface area (Å²) in [7, 11) is 0. The van der Waals surface area contributed by atoms with Crippen LogP contribution in [0.2, 0.25) is 0 Å². The van der Waals surface area contributed by atoms with Crippen molar-refractivity contribution in [1.29, 1.82) is 0 Å². The highest BCUT2D eigenvalue weighted by atomic mass is 16.4. The van der Waals surface area contributed by atoms with Crippen LogP contribution in [0.4, 0.5) is 5.69 Å². The first-order valence-electron chi connectivity index (χ1n) is 5.69. The first-order valence-corrected chi connectivity index (χ1v) is 5.69. The molecular weight excluding hydrogens is 264 g/mol. The Bertz CT molecular complexity index is 621. The molecule has 0 fully saturated rings. The van der Waals surface area contributed by atoms with Crippen molar-refractivity contribution in [3.05, 3.63) is 35.9 Å². The number of carbonyl (C=O) groups is 2. The number of hydrogen-bond donors (Lipinski definition) is 3. The van der Waals surface area contributed by atoms with Gasteiger partial charge in [-0.05, 0) is 12.1 Å². The summed E-state index contributed by atoms with van der Waals surface area (Å²) < 4.78 is 1.33. The Labute approximate surface area is 113 Å². The second kappa shape index (κ2) is 5.78. The molecule has 9 nitrogen and oxygen atoms in total. The number of amides is 1. The molecule has 2 rings (SSSR count). The van der Waals surface area contributed by atoms with Crippen molar-refractivity contribution in [2.45, 2.75) is 6.54 Å². The van der Waals surface area contributed by atoms with Gasteiger partial charge in [0.15, 0.2) is 5.69 Å². The molecule has 0 saturated heterocycles. The molecule has 9 heteroatoms. The summed E-state index contributed by atoms with van der Waals surface area (Å²) in [5, 5.41) is 18.4. The summed E-state index contributed by atoms with van der Waals surface area (Å²) in [4.78, 5) is 26.2. The predicted molar refractivity (Wildman–Crippen MR) is 68.0 cm³/mol. The molecule has 0 bridgehead atoms. The largest absolute Gasteiger partial charge is 0.476 e. The minimum absolute atomic E-state index is 0.142. The normalized spacial score (nSPS) is 10.2. The number of aromatic nitrogens is 4. The number of nitrogens with two attached hydrogens (primary N) is 1. The maximum absolute atomic E-state index is 11.7. The van der Waals surface area contributed by atoms with E-state index in [1.54, 1.807) is 6.07 Å². The topological polar surface area (TPSA) is 136 Å². The Morgan fingerprint density at radius 3 is 2.75 bits per heavy atom. The Hall–Kier alpha value is -2.97. The van der Waals surface area contributed by atoms with Crippen molar-refractivity contribution in [3.8, 4) is 0 Å². The van der Waals surface area contributed by atoms with Crippen LogP contribution in [0.25, 0.3) is 0 Å². The Balaban J connectivity index is 1.84. The van der Waals surface area contributed by atoms with Gasteiger partial charge in [-0.3, -0.25) is 4.79 Å². The summed E-state index contributed by atoms with van der Waals surface area (Å²) in [5.41, 5.74) is 6.06. The van der Waals surface area contributed by atoms with Crippen molar-refractivity contribution in [1.82, 2.24) is 25.3 Å². The van der Waals surface area contributed by atoms with Crippen LogP contribution < -0.4 is 11.1 Å². The molecule has 0 radical (unpaired) electrons. The highest BCUT2D eigenvalue weighted by molar-refractivity contribution is 5.92. The van der Waals surface area contributed by atoms with Crippen molar-refractivity contribution in [2.24, 2.45) is 0 Å². The highest BCUT2D eigenvalue weighted by Crippen LogP contribution is 2.00. The molecular formula is C11H12N6O3. The lowest BCUT2D eigenvalue weighted by molar-refractivity contribution is 0.0690. The molecule has 20 heavy (non-hydrogen) atoms. The van der Waals surface area contributed by atoms with Crippen LogP contribution in [-0.4, -0.2) is 43.5 Å². The van der Waals surface area contributed by atoms with E-state index in [1.165, 1.54) is 23.1 Å². The van der Waals surface area contributed by atoms with Gasteiger partial charge in [0, 0.05) is 6.54 Å². The fourth-order valence-corrected chi connectivity index (χ4v) is 1.42. The van der Waals surface area contributed by atoms with E-state index < -0.39 is 5.97 Å². The number of nitrogens with one attached hydrogen (secondary N) is 1. The van der Waals surface area contributed by atoms with Gasteiger partial charge >= 0.3 is 5.97 Å². The molecule has 0 aliphatic heterocycles. The van der Waals surface area contributed by atoms with E-state index >= 15 is 0 Å². The molecule has 104 valence electrons. The zero-order chi connectivity index (χ0) is 14.5. The molecule has 0 aliphatic rings. The smallest absolute Gasteiger partial charge is 0.358 e. The Kier molecular flexibility index (Phi) is 3.89. The van der Waals surface area contributed by atoms with E-state index in [0.29, 0.717) is 12.2 Å². The molecule has 0 spiro atoms. The number of carboxylic acids is 1. The van der Waals surface area contributed by atoms with Crippen LogP contribution in [-0.2, 0) is 6.54 Å². The minimum Gasteiger partial charge on any atom is -0.476 e. The van der Waals surface area contributed by atoms with Crippen molar-refractivity contribution < 1.29 is 14.7 Å². The van der Waals surface area contributed by atoms with Gasteiger partial charge in [-0.15, -0.1) is 5.10 Å². The lowest BCUT2D eigenvalue weighted by atomic mass is 10.3. The fourth-order valence-electron chi connectivity index (χ4n) is 1.42. The molecule has 2 aromatic rings. The third-order valence-electron chi connectivity index (χ3n) is 2.40. The number of nitrogens with zero attached hydrogens (tertiary/aromatic N) is 4. The van der Waals surface area contributed by atoms with Crippen LogP contribution in [0.3, 0.4) is 0 Å². The molecule has 2 aromatic heterocycles. The van der Waals surface area contributed by atoms with Gasteiger partial charge in [0.2, 0.25) is 0 Å². The number of carbonyl (C=O) groups excluding carboxylic acids is 1. The van der Waals surface area contributed by atoms with Gasteiger partial charge < -0.3 is 16.2 Å². The SMILES string of the molecule is Nc1ccc(C(=O)NCCn2cc(C(=O)O)nn2)nc1. The number of pyridine rings is 1. The van der Waals surface area contributed by atoms with E-state index in [0.717, 1.165) is 0 Å². The first-order chi connectivity index (χ1) is 9.56. The number of rotatable bonds is 5. The number of aromatic carboxylic acids is 1. The Morgan fingerprint density at radius 2 is 2.15 bits per heavy atom. The third-order valence-corrected chi connectivity index (χ3v) is 2.40. The quantitative estimate of drug-likeness (QED) is 0.662. The van der Waals surface area contributed by atoms with Crippen molar-refractivity contribution in [2.75, 3.05) is 12.3 Å². The predicted octanol–water partition coefficient (Wildman–Crippen LogP) is -0.617. The average molecular weight is 276 g/mol. The molecule has 1 amide bonds. The summed E-state index contributed by atoms with van der Waals surface area (Å²) >= 11 is 0. The van der Waals surface area contributed by atoms with Gasteiger partial charge in [-0.2, -0.15) is 0 Å². The van der Waals surface area contributed by atoms with Crippen LogP contribution in [0.1, 0.15) is 21.0 Å². The van der Waals surface area contributed by atoms with Crippen molar-refractivity contribution >= 4 is 17.6 Å². The van der Waals surface area contributed by atoms with E-state index in [4.69, 9.17) is 10.8 Å². The summed E-state index contributed by atoms with van der Waals surface area (Å²) in [6, 6.07) is 3.10. The molecule has 0 aromatic carbocycles. The van der Waals surface area contributed by atoms with Crippen LogP contribution in [0.15, 0.2) is 24.5 Å². The summed E-state index contributed by atoms with van der Waals surface area (Å²) in [5.74, 6) is -1.49. The van der Waals surface area contributed by atoms with Gasteiger partial charge in [0.25, 0.3) is 5.91 Å². The van der Waals surface area contributed by atoms with E-state index in [2.05, 4.69) is 20.6 Å². The monoisotopic (exact) mass is 276 g/mol. The van der Waals surface area contributed by atoms with Gasteiger partial charge in [-0.1, -0.05) is 5.21 Å². The molecule has 2 heterocycles. The van der Waals surface area contributed by atoms with Gasteiger partial charge in [0.05, 0.1) is 24.6 Å². The average Bonchev–Trinajstić information content (AvgIpc) is 2.88. The summed E-state index contributed by atoms with van der Waals surface area (Å²) in [6.45, 7) is 0.578. The van der Waals surface area contributed by atoms with E-state index in [-0.39, 0.29) is 23.8 Å². The first kappa shape index (κ1) is 13.5. The second-order valence-corrected chi connectivity index (χ2v) is 3.90. The molecule has 0 aliphatic carbocycles. The van der Waals surface area contributed by atoms with E-state index in [1.807, 2.05) is 0 Å². The van der Waals surface area contributed by atoms with Crippen LogP contribution >= 0.6 is 0 Å². The lowest BCUT2D eigenvalue weighted by Gasteiger charge is -2.04. The fraction of sp³-hybridized carbons (Fsp3) is 0.182. The van der Waals surface area contributed by atoms with E-state index in [9.17, 15) is 9.59 Å².